The van der Waals surface area contributed by atoms with Gasteiger partial charge in [0.25, 0.3) is 5.56 Å². The van der Waals surface area contributed by atoms with Gasteiger partial charge in [-0.3, -0.25) is 9.36 Å². The first-order chi connectivity index (χ1) is 7.43. The molecule has 2 heterocycles. The van der Waals surface area contributed by atoms with Gasteiger partial charge >= 0.3 is 0 Å². The number of hydrogen-bond donors (Lipinski definition) is 0. The summed E-state index contributed by atoms with van der Waals surface area (Å²) in [6, 6.07) is 2.46. The Labute approximate surface area is 101 Å². The number of pyridine rings is 1. The Balaban J connectivity index is 2.67. The number of aryl methyl sites for hydroxylation is 1. The summed E-state index contributed by atoms with van der Waals surface area (Å²) in [5.41, 5.74) is 2.18. The van der Waals surface area contributed by atoms with Crippen molar-refractivity contribution < 1.29 is 0 Å². The standard InChI is InChI=1S/C13H19NOS/c1-7-6-12-14(13(15)8(7)2)10(4)9(3)11(5)16-12/h6,9-11H,1-5H3. The van der Waals surface area contributed by atoms with Crippen molar-refractivity contribution in [3.63, 3.8) is 0 Å². The van der Waals surface area contributed by atoms with E-state index < -0.39 is 0 Å². The Kier molecular flexibility index (Phi) is 2.91. The van der Waals surface area contributed by atoms with Crippen LogP contribution in [0.15, 0.2) is 15.9 Å². The molecule has 0 saturated heterocycles. The van der Waals surface area contributed by atoms with Gasteiger partial charge in [0.05, 0.1) is 5.03 Å². The number of thioether (sulfide) groups is 1. The third-order valence-electron chi connectivity index (χ3n) is 3.92. The summed E-state index contributed by atoms with van der Waals surface area (Å²) in [5, 5.41) is 1.71. The molecule has 3 unspecified atom stereocenters. The Hall–Kier alpha value is -0.700. The van der Waals surface area contributed by atoms with Crippen molar-refractivity contribution >= 4 is 11.8 Å². The van der Waals surface area contributed by atoms with E-state index in [4.69, 9.17) is 0 Å². The highest BCUT2D eigenvalue weighted by Crippen LogP contribution is 2.39. The topological polar surface area (TPSA) is 22.0 Å². The van der Waals surface area contributed by atoms with Gasteiger partial charge in [0.15, 0.2) is 0 Å². The van der Waals surface area contributed by atoms with Crippen LogP contribution in [0.2, 0.25) is 0 Å². The van der Waals surface area contributed by atoms with E-state index in [1.54, 1.807) is 0 Å². The molecule has 1 aromatic rings. The number of hydrogen-bond acceptors (Lipinski definition) is 2. The molecule has 3 atom stereocenters. The van der Waals surface area contributed by atoms with E-state index in [9.17, 15) is 4.79 Å². The minimum absolute atomic E-state index is 0.189. The average molecular weight is 237 g/mol. The van der Waals surface area contributed by atoms with Crippen LogP contribution in [-0.4, -0.2) is 9.82 Å². The monoisotopic (exact) mass is 237 g/mol. The minimum Gasteiger partial charge on any atom is -0.300 e. The summed E-state index contributed by atoms with van der Waals surface area (Å²) in [6.45, 7) is 10.6. The van der Waals surface area contributed by atoms with Crippen molar-refractivity contribution in [3.05, 3.63) is 27.5 Å². The zero-order valence-corrected chi connectivity index (χ0v) is 11.4. The van der Waals surface area contributed by atoms with Gasteiger partial charge in [-0.15, -0.1) is 11.8 Å². The van der Waals surface area contributed by atoms with Gasteiger partial charge in [-0.05, 0) is 38.3 Å². The second-order valence-corrected chi connectivity index (χ2v) is 6.29. The van der Waals surface area contributed by atoms with E-state index in [1.807, 2.05) is 30.2 Å². The number of nitrogens with zero attached hydrogens (tertiary/aromatic N) is 1. The normalized spacial score (nSPS) is 28.9. The van der Waals surface area contributed by atoms with Crippen molar-refractivity contribution in [2.45, 2.75) is 50.9 Å². The predicted octanol–water partition coefficient (Wildman–Crippen LogP) is 3.16. The highest BCUT2D eigenvalue weighted by atomic mass is 32.2. The molecule has 0 amide bonds. The lowest BCUT2D eigenvalue weighted by molar-refractivity contribution is 0.335. The zero-order valence-electron chi connectivity index (χ0n) is 10.6. The molecule has 2 nitrogen and oxygen atoms in total. The summed E-state index contributed by atoms with van der Waals surface area (Å²) in [5.74, 6) is 0.539. The first kappa shape index (κ1) is 11.8. The van der Waals surface area contributed by atoms with E-state index in [0.717, 1.165) is 16.2 Å². The van der Waals surface area contributed by atoms with Crippen molar-refractivity contribution in [1.82, 2.24) is 4.57 Å². The summed E-state index contributed by atoms with van der Waals surface area (Å²) in [7, 11) is 0. The maximum absolute atomic E-state index is 12.2. The molecule has 2 rings (SSSR count). The van der Waals surface area contributed by atoms with E-state index in [2.05, 4.69) is 26.8 Å². The van der Waals surface area contributed by atoms with E-state index in [1.165, 1.54) is 0 Å². The second kappa shape index (κ2) is 3.95. The van der Waals surface area contributed by atoms with Crippen LogP contribution in [0, 0.1) is 19.8 Å². The maximum Gasteiger partial charge on any atom is 0.254 e. The molecule has 0 aromatic carbocycles. The second-order valence-electron chi connectivity index (χ2n) is 4.89. The number of rotatable bonds is 0. The Bertz CT molecular complexity index is 478. The smallest absolute Gasteiger partial charge is 0.254 e. The molecule has 0 fully saturated rings. The highest BCUT2D eigenvalue weighted by Gasteiger charge is 2.30. The van der Waals surface area contributed by atoms with Gasteiger partial charge in [0.2, 0.25) is 0 Å². The van der Waals surface area contributed by atoms with Crippen molar-refractivity contribution in [3.8, 4) is 0 Å². The third kappa shape index (κ3) is 1.61. The molecule has 0 aliphatic carbocycles. The fraction of sp³-hybridized carbons (Fsp3) is 0.615. The van der Waals surface area contributed by atoms with Gasteiger partial charge in [-0.2, -0.15) is 0 Å². The molecule has 0 N–H and O–H groups in total. The lowest BCUT2D eigenvalue weighted by Gasteiger charge is -2.35. The van der Waals surface area contributed by atoms with Crippen LogP contribution in [0.5, 0.6) is 0 Å². The molecule has 3 heteroatoms. The van der Waals surface area contributed by atoms with Crippen LogP contribution >= 0.6 is 11.8 Å². The quantitative estimate of drug-likeness (QED) is 0.691. The Morgan fingerprint density at radius 3 is 2.50 bits per heavy atom. The molecule has 0 spiro atoms. The van der Waals surface area contributed by atoms with Gasteiger partial charge in [0.1, 0.15) is 0 Å². The van der Waals surface area contributed by atoms with Gasteiger partial charge in [0, 0.05) is 16.9 Å². The summed E-state index contributed by atoms with van der Waals surface area (Å²) >= 11 is 1.82. The molecule has 1 aliphatic rings. The van der Waals surface area contributed by atoms with Crippen molar-refractivity contribution in [2.75, 3.05) is 0 Å². The molecular formula is C13H19NOS. The van der Waals surface area contributed by atoms with Crippen LogP contribution < -0.4 is 5.56 Å². The largest absolute Gasteiger partial charge is 0.300 e. The Morgan fingerprint density at radius 1 is 1.25 bits per heavy atom. The number of fused-ring (bicyclic) bond motifs is 1. The summed E-state index contributed by atoms with van der Waals surface area (Å²) in [6.07, 6.45) is 0. The lowest BCUT2D eigenvalue weighted by atomic mass is 9.99. The third-order valence-corrected chi connectivity index (χ3v) is 5.28. The maximum atomic E-state index is 12.2. The molecule has 88 valence electrons. The SMILES string of the molecule is Cc1cc2n(c(=O)c1C)C(C)C(C)C(C)S2. The van der Waals surface area contributed by atoms with Crippen molar-refractivity contribution in [1.29, 1.82) is 0 Å². The number of aromatic nitrogens is 1. The fourth-order valence-corrected chi connectivity index (χ4v) is 3.64. The highest BCUT2D eigenvalue weighted by molar-refractivity contribution is 7.99. The molecule has 16 heavy (non-hydrogen) atoms. The van der Waals surface area contributed by atoms with Crippen molar-refractivity contribution in [2.24, 2.45) is 5.92 Å². The van der Waals surface area contributed by atoms with E-state index >= 15 is 0 Å². The van der Waals surface area contributed by atoms with Crippen LogP contribution in [-0.2, 0) is 0 Å². The molecule has 0 radical (unpaired) electrons. The van der Waals surface area contributed by atoms with Gasteiger partial charge < -0.3 is 0 Å². The molecule has 1 aromatic heterocycles. The molecule has 0 bridgehead atoms. The van der Waals surface area contributed by atoms with Gasteiger partial charge in [-0.25, -0.2) is 0 Å². The van der Waals surface area contributed by atoms with E-state index in [-0.39, 0.29) is 5.56 Å². The van der Waals surface area contributed by atoms with E-state index in [0.29, 0.717) is 17.2 Å². The fourth-order valence-electron chi connectivity index (χ4n) is 2.21. The van der Waals surface area contributed by atoms with Gasteiger partial charge in [-0.1, -0.05) is 13.8 Å². The first-order valence-electron chi connectivity index (χ1n) is 5.83. The average Bonchev–Trinajstić information content (AvgIpc) is 2.23. The Morgan fingerprint density at radius 2 is 1.88 bits per heavy atom. The summed E-state index contributed by atoms with van der Waals surface area (Å²) < 4.78 is 1.97. The predicted molar refractivity (Wildman–Crippen MR) is 69.4 cm³/mol. The first-order valence-corrected chi connectivity index (χ1v) is 6.71. The van der Waals surface area contributed by atoms with Crippen LogP contribution in [0.25, 0.3) is 0 Å². The molecule has 0 saturated carbocycles. The zero-order chi connectivity index (χ0) is 12.0. The lowest BCUT2D eigenvalue weighted by Crippen LogP contribution is -2.36. The summed E-state index contributed by atoms with van der Waals surface area (Å²) in [4.78, 5) is 12.2. The van der Waals surface area contributed by atoms with Crippen LogP contribution in [0.1, 0.15) is 37.9 Å². The van der Waals surface area contributed by atoms with Crippen LogP contribution in [0.3, 0.4) is 0 Å². The minimum atomic E-state index is 0.189. The van der Waals surface area contributed by atoms with Crippen LogP contribution in [0.4, 0.5) is 0 Å². The molecule has 1 aliphatic heterocycles. The molecular weight excluding hydrogens is 218 g/mol.